The Kier molecular flexibility index (Phi) is 6.21. The Labute approximate surface area is 210 Å². The van der Waals surface area contributed by atoms with Gasteiger partial charge in [-0.15, -0.1) is 0 Å². The predicted molar refractivity (Wildman–Crippen MR) is 128 cm³/mol. The number of alkyl halides is 3. The van der Waals surface area contributed by atoms with Crippen LogP contribution in [0.1, 0.15) is 33.0 Å². The summed E-state index contributed by atoms with van der Waals surface area (Å²) in [5.74, 6) is -1.54. The van der Waals surface area contributed by atoms with Crippen LogP contribution in [0, 0.1) is 6.92 Å². The summed E-state index contributed by atoms with van der Waals surface area (Å²) in [5.41, 5.74) is 3.54. The van der Waals surface area contributed by atoms with Crippen LogP contribution in [0.3, 0.4) is 0 Å². The van der Waals surface area contributed by atoms with Gasteiger partial charge in [-0.05, 0) is 42.7 Å². The predicted octanol–water partition coefficient (Wildman–Crippen LogP) is 4.91. The van der Waals surface area contributed by atoms with Crippen LogP contribution < -0.4 is 4.90 Å². The molecule has 0 saturated carbocycles. The zero-order valence-electron chi connectivity index (χ0n) is 18.7. The van der Waals surface area contributed by atoms with Crippen molar-refractivity contribution in [2.45, 2.75) is 31.0 Å². The number of nitrogens with zero attached hydrogens (tertiary/aromatic N) is 5. The first kappa shape index (κ1) is 24.3. The molecule has 0 saturated heterocycles. The highest BCUT2D eigenvalue weighted by Gasteiger charge is 2.35. The number of anilines is 1. The summed E-state index contributed by atoms with van der Waals surface area (Å²) in [6.07, 6.45) is -2.44. The van der Waals surface area contributed by atoms with Gasteiger partial charge in [-0.3, -0.25) is 9.00 Å². The molecule has 1 amide bonds. The minimum Gasteiger partial charge on any atom is -0.303 e. The SMILES string of the molecule is Cc1nc2ccc(CN(C(=O)c3cnc(C(F)(F)F)nc3)c3cccc4c3S(=O)CC4)cc2nc1Cl. The summed E-state index contributed by atoms with van der Waals surface area (Å²) in [6.45, 7) is 1.77. The number of aryl methyl sites for hydroxylation is 2. The van der Waals surface area contributed by atoms with Crippen LogP contribution >= 0.6 is 11.6 Å². The van der Waals surface area contributed by atoms with Crippen molar-refractivity contribution >= 4 is 45.0 Å². The van der Waals surface area contributed by atoms with Gasteiger partial charge in [-0.25, -0.2) is 19.9 Å². The highest BCUT2D eigenvalue weighted by atomic mass is 35.5. The Morgan fingerprint density at radius 1 is 1.11 bits per heavy atom. The Morgan fingerprint density at radius 3 is 2.58 bits per heavy atom. The molecule has 1 aliphatic heterocycles. The quantitative estimate of drug-likeness (QED) is 0.372. The zero-order chi connectivity index (χ0) is 25.6. The van der Waals surface area contributed by atoms with Crippen molar-refractivity contribution in [3.05, 3.63) is 82.2 Å². The fourth-order valence-electron chi connectivity index (χ4n) is 4.00. The third kappa shape index (κ3) is 4.56. The third-order valence-electron chi connectivity index (χ3n) is 5.73. The number of hydrogen-bond acceptors (Lipinski definition) is 6. The Morgan fingerprint density at radius 2 is 1.86 bits per heavy atom. The minimum absolute atomic E-state index is 0.0244. The van der Waals surface area contributed by atoms with E-state index in [9.17, 15) is 22.2 Å². The topological polar surface area (TPSA) is 88.9 Å². The van der Waals surface area contributed by atoms with E-state index in [-0.39, 0.29) is 17.3 Å². The van der Waals surface area contributed by atoms with E-state index in [4.69, 9.17) is 11.6 Å². The van der Waals surface area contributed by atoms with Gasteiger partial charge in [-0.2, -0.15) is 13.2 Å². The molecular formula is C24H17ClF3N5O2S. The number of hydrogen-bond donors (Lipinski definition) is 0. The van der Waals surface area contributed by atoms with E-state index in [0.29, 0.717) is 45.0 Å². The molecule has 12 heteroatoms. The molecular weight excluding hydrogens is 515 g/mol. The number of halogens is 4. The second-order valence-electron chi connectivity index (χ2n) is 8.17. The molecule has 1 aliphatic rings. The van der Waals surface area contributed by atoms with Crippen molar-refractivity contribution < 1.29 is 22.2 Å². The van der Waals surface area contributed by atoms with Crippen molar-refractivity contribution in [1.29, 1.82) is 0 Å². The standard InChI is InChI=1S/C24H17ClF3N5O2S/c1-13-21(25)32-18-9-14(5-6-17(18)31-13)12-33(19-4-2-3-15-7-8-36(35)20(15)19)22(34)16-10-29-23(30-11-16)24(26,27)28/h2-6,9-11H,7-8,12H2,1H3. The van der Waals surface area contributed by atoms with Gasteiger partial charge >= 0.3 is 6.18 Å². The van der Waals surface area contributed by atoms with Crippen LogP contribution in [-0.4, -0.2) is 35.8 Å². The number of benzene rings is 2. The lowest BCUT2D eigenvalue weighted by Crippen LogP contribution is -2.32. The molecule has 3 heterocycles. The summed E-state index contributed by atoms with van der Waals surface area (Å²) in [4.78, 5) is 30.9. The second-order valence-corrected chi connectivity index (χ2v) is 10.0. The molecule has 1 atom stereocenters. The average Bonchev–Trinajstić information content (AvgIpc) is 3.23. The zero-order valence-corrected chi connectivity index (χ0v) is 20.3. The molecule has 0 aliphatic carbocycles. The molecule has 7 nitrogen and oxygen atoms in total. The summed E-state index contributed by atoms with van der Waals surface area (Å²) in [7, 11) is -1.32. The summed E-state index contributed by atoms with van der Waals surface area (Å²) < 4.78 is 51.6. The molecule has 2 aromatic heterocycles. The number of amides is 1. The van der Waals surface area contributed by atoms with E-state index >= 15 is 0 Å². The number of carbonyl (C=O) groups excluding carboxylic acids is 1. The lowest BCUT2D eigenvalue weighted by molar-refractivity contribution is -0.145. The Bertz CT molecular complexity index is 1530. The molecule has 184 valence electrons. The minimum atomic E-state index is -4.73. The molecule has 0 fully saturated rings. The molecule has 4 aromatic rings. The van der Waals surface area contributed by atoms with Crippen molar-refractivity contribution in [2.75, 3.05) is 10.7 Å². The highest BCUT2D eigenvalue weighted by Crippen LogP contribution is 2.35. The first-order valence-electron chi connectivity index (χ1n) is 10.8. The molecule has 1 unspecified atom stereocenters. The van der Waals surface area contributed by atoms with Crippen molar-refractivity contribution in [1.82, 2.24) is 19.9 Å². The molecule has 0 spiro atoms. The first-order chi connectivity index (χ1) is 17.1. The first-order valence-corrected chi connectivity index (χ1v) is 12.5. The van der Waals surface area contributed by atoms with Crippen LogP contribution in [0.2, 0.25) is 5.15 Å². The van der Waals surface area contributed by atoms with Gasteiger partial charge in [0.25, 0.3) is 5.91 Å². The molecule has 0 radical (unpaired) electrons. The smallest absolute Gasteiger partial charge is 0.303 e. The van der Waals surface area contributed by atoms with Crippen molar-refractivity contribution in [2.24, 2.45) is 0 Å². The van der Waals surface area contributed by atoms with Crippen LogP contribution in [0.4, 0.5) is 18.9 Å². The number of fused-ring (bicyclic) bond motifs is 2. The lowest BCUT2D eigenvalue weighted by atomic mass is 10.1. The molecule has 0 N–H and O–H groups in total. The molecule has 36 heavy (non-hydrogen) atoms. The average molecular weight is 532 g/mol. The van der Waals surface area contributed by atoms with Gasteiger partial charge in [0, 0.05) is 18.1 Å². The van der Waals surface area contributed by atoms with E-state index in [0.717, 1.165) is 18.0 Å². The van der Waals surface area contributed by atoms with E-state index in [1.54, 1.807) is 37.3 Å². The molecule has 5 rings (SSSR count). The van der Waals surface area contributed by atoms with Crippen LogP contribution in [0.5, 0.6) is 0 Å². The maximum Gasteiger partial charge on any atom is 0.451 e. The van der Waals surface area contributed by atoms with Gasteiger partial charge in [0.15, 0.2) is 5.15 Å². The summed E-state index contributed by atoms with van der Waals surface area (Å²) in [6, 6.07) is 10.5. The van der Waals surface area contributed by atoms with E-state index < -0.39 is 28.7 Å². The highest BCUT2D eigenvalue weighted by molar-refractivity contribution is 7.85. The van der Waals surface area contributed by atoms with Gasteiger partial charge < -0.3 is 4.90 Å². The number of rotatable bonds is 4. The van der Waals surface area contributed by atoms with Crippen LogP contribution in [-0.2, 0) is 29.9 Å². The fraction of sp³-hybridized carbons (Fsp3) is 0.208. The third-order valence-corrected chi connectivity index (χ3v) is 7.59. The van der Waals surface area contributed by atoms with Crippen molar-refractivity contribution in [3.63, 3.8) is 0 Å². The monoisotopic (exact) mass is 531 g/mol. The van der Waals surface area contributed by atoms with Crippen LogP contribution in [0.15, 0.2) is 53.7 Å². The Hall–Kier alpha value is -3.44. The van der Waals surface area contributed by atoms with Gasteiger partial charge in [-0.1, -0.05) is 29.8 Å². The summed E-state index contributed by atoms with van der Waals surface area (Å²) in [5, 5.41) is 0.255. The van der Waals surface area contributed by atoms with Gasteiger partial charge in [0.2, 0.25) is 5.82 Å². The normalized spacial score (nSPS) is 15.2. The molecule has 0 bridgehead atoms. The van der Waals surface area contributed by atoms with E-state index in [2.05, 4.69) is 19.9 Å². The fourth-order valence-corrected chi connectivity index (χ4v) is 5.62. The van der Waals surface area contributed by atoms with E-state index in [1.807, 2.05) is 6.07 Å². The van der Waals surface area contributed by atoms with Crippen LogP contribution in [0.25, 0.3) is 11.0 Å². The van der Waals surface area contributed by atoms with Crippen molar-refractivity contribution in [3.8, 4) is 0 Å². The number of aromatic nitrogens is 4. The second kappa shape index (κ2) is 9.21. The number of carbonyl (C=O) groups is 1. The maximum atomic E-state index is 13.6. The van der Waals surface area contributed by atoms with Gasteiger partial charge in [0.1, 0.15) is 0 Å². The largest absolute Gasteiger partial charge is 0.451 e. The molecule has 2 aromatic carbocycles. The maximum absolute atomic E-state index is 13.6. The lowest BCUT2D eigenvalue weighted by Gasteiger charge is -2.25. The Balaban J connectivity index is 1.58. The van der Waals surface area contributed by atoms with E-state index in [1.165, 1.54) is 4.90 Å². The van der Waals surface area contributed by atoms with Gasteiger partial charge in [0.05, 0.1) is 50.2 Å². The summed E-state index contributed by atoms with van der Waals surface area (Å²) >= 11 is 6.13.